The number of aryl methyl sites for hydroxylation is 1. The predicted octanol–water partition coefficient (Wildman–Crippen LogP) is 2.71. The Morgan fingerprint density at radius 3 is 2.81 bits per heavy atom. The molecule has 2 heterocycles. The second-order valence-corrected chi connectivity index (χ2v) is 5.71. The minimum Gasteiger partial charge on any atom is -0.360 e. The van der Waals surface area contributed by atoms with Crippen molar-refractivity contribution in [3.63, 3.8) is 0 Å². The van der Waals surface area contributed by atoms with Crippen LogP contribution in [0.25, 0.3) is 0 Å². The fraction of sp³-hybridized carbons (Fsp3) is 0.214. The molecule has 0 atom stereocenters. The number of hydrogen-bond acceptors (Lipinski definition) is 4. The van der Waals surface area contributed by atoms with Gasteiger partial charge in [-0.1, -0.05) is 33.2 Å². The van der Waals surface area contributed by atoms with E-state index < -0.39 is 0 Å². The summed E-state index contributed by atoms with van der Waals surface area (Å²) in [6, 6.07) is 8.81. The molecule has 108 valence electrons. The first-order chi connectivity index (χ1) is 10.0. The minimum absolute atomic E-state index is 0.0389. The largest absolute Gasteiger partial charge is 0.360 e. The predicted molar refractivity (Wildman–Crippen MR) is 78.7 cm³/mol. The summed E-state index contributed by atoms with van der Waals surface area (Å²) in [5, 5.41) is 3.73. The zero-order valence-corrected chi connectivity index (χ0v) is 12.8. The Morgan fingerprint density at radius 1 is 1.33 bits per heavy atom. The highest BCUT2D eigenvalue weighted by Crippen LogP contribution is 2.23. The quantitative estimate of drug-likeness (QED) is 0.799. The maximum Gasteiger partial charge on any atom is 0.333 e. The van der Waals surface area contributed by atoms with Gasteiger partial charge in [-0.25, -0.2) is 9.69 Å². The first kappa shape index (κ1) is 13.8. The van der Waals surface area contributed by atoms with E-state index >= 15 is 0 Å². The van der Waals surface area contributed by atoms with Crippen LogP contribution in [-0.4, -0.2) is 28.5 Å². The second-order valence-electron chi connectivity index (χ2n) is 4.79. The van der Waals surface area contributed by atoms with E-state index in [1.807, 2.05) is 24.3 Å². The molecule has 6 nitrogen and oxygen atoms in total. The molecule has 1 aliphatic rings. The van der Waals surface area contributed by atoms with Gasteiger partial charge in [0.05, 0.1) is 0 Å². The molecule has 3 rings (SSSR count). The Balaban J connectivity index is 1.80. The summed E-state index contributed by atoms with van der Waals surface area (Å²) in [6.07, 6.45) is 0. The van der Waals surface area contributed by atoms with Crippen molar-refractivity contribution in [2.75, 3.05) is 11.4 Å². The highest BCUT2D eigenvalue weighted by Gasteiger charge is 2.38. The monoisotopic (exact) mass is 349 g/mol. The van der Waals surface area contributed by atoms with Gasteiger partial charge in [0.1, 0.15) is 12.3 Å². The van der Waals surface area contributed by atoms with Crippen molar-refractivity contribution in [2.45, 2.75) is 13.5 Å². The van der Waals surface area contributed by atoms with Gasteiger partial charge >= 0.3 is 6.03 Å². The van der Waals surface area contributed by atoms with Gasteiger partial charge in [-0.15, -0.1) is 0 Å². The highest BCUT2D eigenvalue weighted by atomic mass is 79.9. The van der Waals surface area contributed by atoms with Crippen LogP contribution < -0.4 is 4.90 Å². The molecule has 1 aromatic carbocycles. The van der Waals surface area contributed by atoms with Crippen molar-refractivity contribution >= 4 is 33.7 Å². The number of benzene rings is 1. The summed E-state index contributed by atoms with van der Waals surface area (Å²) >= 11 is 3.39. The van der Waals surface area contributed by atoms with Crippen molar-refractivity contribution in [2.24, 2.45) is 0 Å². The molecule has 0 bridgehead atoms. The van der Waals surface area contributed by atoms with Crippen molar-refractivity contribution in [1.29, 1.82) is 0 Å². The fourth-order valence-corrected chi connectivity index (χ4v) is 2.66. The third-order valence-electron chi connectivity index (χ3n) is 3.14. The van der Waals surface area contributed by atoms with Gasteiger partial charge in [-0.05, 0) is 24.6 Å². The number of imide groups is 1. The Bertz CT molecular complexity index is 713. The van der Waals surface area contributed by atoms with Crippen LogP contribution >= 0.6 is 15.9 Å². The molecule has 0 spiro atoms. The molecule has 0 saturated carbocycles. The van der Waals surface area contributed by atoms with Crippen LogP contribution in [0, 0.1) is 6.92 Å². The molecule has 0 aliphatic carbocycles. The van der Waals surface area contributed by atoms with E-state index in [4.69, 9.17) is 4.52 Å². The van der Waals surface area contributed by atoms with E-state index in [0.717, 1.165) is 14.9 Å². The normalized spacial score (nSPS) is 15.1. The topological polar surface area (TPSA) is 66.7 Å². The summed E-state index contributed by atoms with van der Waals surface area (Å²) in [7, 11) is 0. The average molecular weight is 350 g/mol. The summed E-state index contributed by atoms with van der Waals surface area (Å²) in [6.45, 7) is 2.12. The summed E-state index contributed by atoms with van der Waals surface area (Å²) in [5.41, 5.74) is 0.948. The maximum atomic E-state index is 12.4. The molecule has 1 aromatic heterocycles. The van der Waals surface area contributed by atoms with Crippen LogP contribution in [0.5, 0.6) is 0 Å². The molecule has 0 radical (unpaired) electrons. The number of nitrogens with zero attached hydrogens (tertiary/aromatic N) is 3. The third kappa shape index (κ3) is 2.69. The van der Waals surface area contributed by atoms with Crippen LogP contribution in [0.1, 0.15) is 11.3 Å². The molecule has 1 saturated heterocycles. The highest BCUT2D eigenvalue weighted by molar-refractivity contribution is 9.10. The van der Waals surface area contributed by atoms with E-state index in [0.29, 0.717) is 12.3 Å². The van der Waals surface area contributed by atoms with Crippen molar-refractivity contribution < 1.29 is 14.1 Å². The standard InChI is InChI=1S/C14H12BrN3O3/c1-9-5-12(16-21-9)18-13(19)8-17(14(18)20)7-10-3-2-4-11(15)6-10/h2-6H,7-8H2,1H3. The van der Waals surface area contributed by atoms with E-state index in [-0.39, 0.29) is 24.3 Å². The number of hydrogen-bond donors (Lipinski definition) is 0. The first-order valence-electron chi connectivity index (χ1n) is 6.34. The van der Waals surface area contributed by atoms with Crippen molar-refractivity contribution in [1.82, 2.24) is 10.1 Å². The van der Waals surface area contributed by atoms with Gasteiger partial charge in [0.25, 0.3) is 5.91 Å². The van der Waals surface area contributed by atoms with Crippen LogP contribution in [0.15, 0.2) is 39.3 Å². The molecule has 7 heteroatoms. The number of urea groups is 1. The average Bonchev–Trinajstić information content (AvgIpc) is 2.94. The SMILES string of the molecule is Cc1cc(N2C(=O)CN(Cc3cccc(Br)c3)C2=O)no1. The molecule has 1 fully saturated rings. The van der Waals surface area contributed by atoms with E-state index in [2.05, 4.69) is 21.1 Å². The Hall–Kier alpha value is -2.15. The molecule has 2 aromatic rings. The van der Waals surface area contributed by atoms with Crippen LogP contribution in [0.3, 0.4) is 0 Å². The van der Waals surface area contributed by atoms with Crippen LogP contribution in [0.2, 0.25) is 0 Å². The lowest BCUT2D eigenvalue weighted by Gasteiger charge is -2.15. The lowest BCUT2D eigenvalue weighted by Crippen LogP contribution is -2.33. The van der Waals surface area contributed by atoms with Crippen LogP contribution in [-0.2, 0) is 11.3 Å². The van der Waals surface area contributed by atoms with Crippen molar-refractivity contribution in [3.8, 4) is 0 Å². The zero-order chi connectivity index (χ0) is 15.0. The Labute approximate surface area is 129 Å². The number of anilines is 1. The number of carbonyl (C=O) groups is 2. The Morgan fingerprint density at radius 2 is 2.14 bits per heavy atom. The molecular weight excluding hydrogens is 338 g/mol. The smallest absolute Gasteiger partial charge is 0.333 e. The van der Waals surface area contributed by atoms with Crippen LogP contribution in [0.4, 0.5) is 10.6 Å². The molecular formula is C14H12BrN3O3. The molecule has 21 heavy (non-hydrogen) atoms. The molecule has 0 unspecified atom stereocenters. The summed E-state index contributed by atoms with van der Waals surface area (Å²) in [4.78, 5) is 26.9. The zero-order valence-electron chi connectivity index (χ0n) is 11.2. The van der Waals surface area contributed by atoms with Gasteiger partial charge in [0, 0.05) is 17.1 Å². The van der Waals surface area contributed by atoms with Gasteiger partial charge < -0.3 is 9.42 Å². The minimum atomic E-state index is -0.381. The second kappa shape index (κ2) is 5.33. The van der Waals surface area contributed by atoms with Crippen molar-refractivity contribution in [3.05, 3.63) is 46.1 Å². The van der Waals surface area contributed by atoms with Gasteiger partial charge in [0.2, 0.25) is 0 Å². The van der Waals surface area contributed by atoms with E-state index in [1.54, 1.807) is 13.0 Å². The van der Waals surface area contributed by atoms with Gasteiger partial charge in [0.15, 0.2) is 5.82 Å². The number of carbonyl (C=O) groups excluding carboxylic acids is 2. The first-order valence-corrected chi connectivity index (χ1v) is 7.13. The fourth-order valence-electron chi connectivity index (χ4n) is 2.21. The molecule has 3 amide bonds. The number of rotatable bonds is 3. The summed E-state index contributed by atoms with van der Waals surface area (Å²) in [5.74, 6) is 0.485. The maximum absolute atomic E-state index is 12.4. The molecule has 0 N–H and O–H groups in total. The van der Waals surface area contributed by atoms with E-state index in [9.17, 15) is 9.59 Å². The number of amides is 3. The van der Waals surface area contributed by atoms with E-state index in [1.165, 1.54) is 4.90 Å². The molecule has 1 aliphatic heterocycles. The van der Waals surface area contributed by atoms with Gasteiger partial charge in [-0.3, -0.25) is 4.79 Å². The lowest BCUT2D eigenvalue weighted by molar-refractivity contribution is -0.116. The number of halogens is 1. The number of aromatic nitrogens is 1. The third-order valence-corrected chi connectivity index (χ3v) is 3.64. The summed E-state index contributed by atoms with van der Waals surface area (Å²) < 4.78 is 5.85. The Kier molecular flexibility index (Phi) is 3.50. The van der Waals surface area contributed by atoms with Gasteiger partial charge in [-0.2, -0.15) is 0 Å². The lowest BCUT2D eigenvalue weighted by atomic mass is 10.2.